The monoisotopic (exact) mass is 493 g/mol. The van der Waals surface area contributed by atoms with Gasteiger partial charge in [0.05, 0.1) is 30.1 Å². The molecule has 0 fully saturated rings. The third kappa shape index (κ3) is 5.55. The number of aromatic nitrogens is 2. The van der Waals surface area contributed by atoms with Gasteiger partial charge in [0, 0.05) is 22.6 Å². The summed E-state index contributed by atoms with van der Waals surface area (Å²) < 4.78 is 44.4. The van der Waals surface area contributed by atoms with Crippen LogP contribution in [0.15, 0.2) is 42.5 Å². The van der Waals surface area contributed by atoms with Crippen molar-refractivity contribution in [3.8, 4) is 5.88 Å². The number of ether oxygens (including phenoxy) is 1. The lowest BCUT2D eigenvalue weighted by molar-refractivity contribution is 0.256. The lowest BCUT2D eigenvalue weighted by Crippen LogP contribution is -2.35. The molecule has 2 heterocycles. The van der Waals surface area contributed by atoms with Crippen LogP contribution in [0.5, 0.6) is 5.88 Å². The molecule has 12 heteroatoms. The van der Waals surface area contributed by atoms with Crippen LogP contribution < -0.4 is 19.7 Å². The molecule has 0 saturated heterocycles. The molecule has 0 saturated carbocycles. The van der Waals surface area contributed by atoms with E-state index in [0.717, 1.165) is 36.4 Å². The van der Waals surface area contributed by atoms with Crippen LogP contribution in [0, 0.1) is 5.82 Å². The Kier molecular flexibility index (Phi) is 6.43. The molecule has 0 radical (unpaired) electrons. The third-order valence-corrected chi connectivity index (χ3v) is 5.84. The van der Waals surface area contributed by atoms with Gasteiger partial charge >= 0.3 is 6.03 Å². The molecule has 0 atom stereocenters. The number of aromatic amines is 1. The van der Waals surface area contributed by atoms with Crippen molar-refractivity contribution in [2.45, 2.75) is 19.4 Å². The van der Waals surface area contributed by atoms with E-state index in [-0.39, 0.29) is 11.6 Å². The molecule has 2 amide bonds. The van der Waals surface area contributed by atoms with Gasteiger partial charge in [-0.05, 0) is 55.3 Å². The Hall–Kier alpha value is -3.31. The summed E-state index contributed by atoms with van der Waals surface area (Å²) >= 11 is 5.84. The number of sulfonamides is 1. The Morgan fingerprint density at radius 3 is 2.67 bits per heavy atom. The van der Waals surface area contributed by atoms with E-state index in [9.17, 15) is 17.6 Å². The van der Waals surface area contributed by atoms with Crippen molar-refractivity contribution in [2.24, 2.45) is 0 Å². The number of carbonyl (C=O) groups excluding carboxylic acids is 1. The van der Waals surface area contributed by atoms with E-state index in [2.05, 4.69) is 20.2 Å². The van der Waals surface area contributed by atoms with Crippen molar-refractivity contribution in [2.75, 3.05) is 27.8 Å². The molecular formula is C21H21ClFN5O4S. The van der Waals surface area contributed by atoms with Crippen LogP contribution in [0.4, 0.5) is 26.2 Å². The van der Waals surface area contributed by atoms with Crippen LogP contribution in [0.3, 0.4) is 0 Å². The molecule has 33 heavy (non-hydrogen) atoms. The molecule has 0 aliphatic carbocycles. The smallest absolute Gasteiger partial charge is 0.326 e. The zero-order chi connectivity index (χ0) is 23.6. The van der Waals surface area contributed by atoms with Gasteiger partial charge in [0.15, 0.2) is 0 Å². The number of benzene rings is 2. The second-order valence-electron chi connectivity index (χ2n) is 7.50. The zero-order valence-electron chi connectivity index (χ0n) is 17.6. The first kappa shape index (κ1) is 22.9. The van der Waals surface area contributed by atoms with Crippen molar-refractivity contribution >= 4 is 44.7 Å². The summed E-state index contributed by atoms with van der Waals surface area (Å²) in [5, 5.41) is 9.71. The number of amides is 2. The fourth-order valence-electron chi connectivity index (χ4n) is 3.43. The molecule has 2 aromatic carbocycles. The molecule has 4 rings (SSSR count). The van der Waals surface area contributed by atoms with Crippen molar-refractivity contribution in [1.29, 1.82) is 0 Å². The summed E-state index contributed by atoms with van der Waals surface area (Å²) in [4.78, 5) is 14.7. The maximum atomic E-state index is 13.5. The summed E-state index contributed by atoms with van der Waals surface area (Å²) in [5.74, 6) is -0.0702. The molecule has 1 aliphatic heterocycles. The zero-order valence-corrected chi connectivity index (χ0v) is 19.1. The van der Waals surface area contributed by atoms with Gasteiger partial charge in [-0.3, -0.25) is 14.7 Å². The van der Waals surface area contributed by atoms with Gasteiger partial charge in [-0.1, -0.05) is 11.6 Å². The van der Waals surface area contributed by atoms with Crippen LogP contribution in [-0.2, 0) is 23.0 Å². The highest BCUT2D eigenvalue weighted by Gasteiger charge is 2.24. The molecular weight excluding hydrogens is 473 g/mol. The number of carbonyl (C=O) groups is 1. The largest absolute Gasteiger partial charge is 0.476 e. The first-order chi connectivity index (χ1) is 15.7. The van der Waals surface area contributed by atoms with Gasteiger partial charge in [-0.2, -0.15) is 0 Å². The fourth-order valence-corrected chi connectivity index (χ4v) is 4.18. The number of hydrogen-bond donors (Lipinski definition) is 3. The average molecular weight is 494 g/mol. The Bertz CT molecular complexity index is 1280. The van der Waals surface area contributed by atoms with Crippen molar-refractivity contribution in [3.63, 3.8) is 0 Å². The summed E-state index contributed by atoms with van der Waals surface area (Å²) in [6.07, 6.45) is 2.66. The van der Waals surface area contributed by atoms with E-state index < -0.39 is 21.9 Å². The predicted molar refractivity (Wildman–Crippen MR) is 124 cm³/mol. The number of hydrogen-bond acceptors (Lipinski definition) is 5. The molecule has 3 N–H and O–H groups in total. The van der Waals surface area contributed by atoms with Gasteiger partial charge in [0.1, 0.15) is 5.82 Å². The lowest BCUT2D eigenvalue weighted by atomic mass is 10.1. The van der Waals surface area contributed by atoms with Gasteiger partial charge in [0.25, 0.3) is 0 Å². The molecule has 3 aromatic rings. The number of nitrogens with one attached hydrogen (secondary N) is 3. The van der Waals surface area contributed by atoms with E-state index in [1.807, 2.05) is 0 Å². The Labute approximate surface area is 194 Å². The predicted octanol–water partition coefficient (Wildman–Crippen LogP) is 4.14. The van der Waals surface area contributed by atoms with Crippen molar-refractivity contribution < 1.29 is 22.3 Å². The first-order valence-electron chi connectivity index (χ1n) is 10.00. The molecule has 9 nitrogen and oxygen atoms in total. The molecule has 0 spiro atoms. The molecule has 0 unspecified atom stereocenters. The Morgan fingerprint density at radius 1 is 1.24 bits per heavy atom. The van der Waals surface area contributed by atoms with Crippen molar-refractivity contribution in [3.05, 3.63) is 64.6 Å². The SMILES string of the molecule is CS(=O)(=O)Nc1ccc(N(Cc2[nH]nc3c2CCCO3)C(=O)Nc2ccc(F)c(Cl)c2)cc1. The van der Waals surface area contributed by atoms with Crippen LogP contribution >= 0.6 is 11.6 Å². The highest BCUT2D eigenvalue weighted by Crippen LogP contribution is 2.29. The minimum atomic E-state index is -3.44. The standard InChI is InChI=1S/C21H21ClFN5O4S/c1-33(30,31)27-13-4-7-15(8-5-13)28(12-19-16-3-2-10-32-20(16)26-25-19)21(29)24-14-6-9-18(23)17(22)11-14/h4-9,11,27H,2-3,10,12H2,1H3,(H,24,29)(H,25,26). The van der Waals surface area contributed by atoms with Gasteiger partial charge in [-0.25, -0.2) is 17.6 Å². The number of anilines is 3. The second-order valence-corrected chi connectivity index (χ2v) is 9.66. The topological polar surface area (TPSA) is 116 Å². The fraction of sp³-hybridized carbons (Fsp3) is 0.238. The number of fused-ring (bicyclic) bond motifs is 1. The van der Waals surface area contributed by atoms with Crippen molar-refractivity contribution in [1.82, 2.24) is 10.2 Å². The molecule has 1 aliphatic rings. The average Bonchev–Trinajstić information content (AvgIpc) is 3.17. The van der Waals surface area contributed by atoms with E-state index in [1.165, 1.54) is 17.0 Å². The normalized spacial score (nSPS) is 13.1. The summed E-state index contributed by atoms with van der Waals surface area (Å²) in [6.45, 7) is 0.729. The van der Waals surface area contributed by atoms with Crippen LogP contribution in [-0.4, -0.2) is 37.5 Å². The third-order valence-electron chi connectivity index (χ3n) is 4.94. The quantitative estimate of drug-likeness (QED) is 0.477. The minimum absolute atomic E-state index is 0.115. The van der Waals surface area contributed by atoms with E-state index >= 15 is 0 Å². The number of urea groups is 1. The van der Waals surface area contributed by atoms with E-state index in [1.54, 1.807) is 24.3 Å². The number of halogens is 2. The highest BCUT2D eigenvalue weighted by molar-refractivity contribution is 7.92. The van der Waals surface area contributed by atoms with Gasteiger partial charge < -0.3 is 10.1 Å². The number of rotatable bonds is 6. The molecule has 174 valence electrons. The Balaban J connectivity index is 1.63. The maximum Gasteiger partial charge on any atom is 0.326 e. The van der Waals surface area contributed by atoms with Crippen LogP contribution in [0.2, 0.25) is 5.02 Å². The van der Waals surface area contributed by atoms with Crippen LogP contribution in [0.1, 0.15) is 17.7 Å². The van der Waals surface area contributed by atoms with Gasteiger partial charge in [-0.15, -0.1) is 5.10 Å². The summed E-state index contributed by atoms with van der Waals surface area (Å²) in [7, 11) is -3.44. The van der Waals surface area contributed by atoms with E-state index in [4.69, 9.17) is 16.3 Å². The summed E-state index contributed by atoms with van der Waals surface area (Å²) in [6, 6.07) is 9.72. The van der Waals surface area contributed by atoms with Crippen LogP contribution in [0.25, 0.3) is 0 Å². The highest BCUT2D eigenvalue weighted by atomic mass is 35.5. The second kappa shape index (κ2) is 9.28. The molecule has 1 aromatic heterocycles. The first-order valence-corrected chi connectivity index (χ1v) is 12.3. The minimum Gasteiger partial charge on any atom is -0.476 e. The lowest BCUT2D eigenvalue weighted by Gasteiger charge is -2.24. The number of H-pyrrole nitrogens is 1. The van der Waals surface area contributed by atoms with Gasteiger partial charge in [0.2, 0.25) is 15.9 Å². The maximum absolute atomic E-state index is 13.5. The Morgan fingerprint density at radius 2 is 1.97 bits per heavy atom. The number of nitrogens with zero attached hydrogens (tertiary/aromatic N) is 2. The molecule has 0 bridgehead atoms. The summed E-state index contributed by atoms with van der Waals surface area (Å²) in [5.41, 5.74) is 2.80. The van der Waals surface area contributed by atoms with E-state index in [0.29, 0.717) is 29.5 Å².